The minimum absolute atomic E-state index is 0.536. The van der Waals surface area contributed by atoms with Crippen molar-refractivity contribution >= 4 is 11.6 Å². The Morgan fingerprint density at radius 1 is 1.31 bits per heavy atom. The summed E-state index contributed by atoms with van der Waals surface area (Å²) in [5, 5.41) is 3.86. The van der Waals surface area contributed by atoms with Crippen molar-refractivity contribution in [3.05, 3.63) is 47.3 Å². The van der Waals surface area contributed by atoms with Crippen molar-refractivity contribution in [1.82, 2.24) is 20.3 Å². The van der Waals surface area contributed by atoms with Gasteiger partial charge in [-0.05, 0) is 24.6 Å². The van der Waals surface area contributed by atoms with Gasteiger partial charge in [0.05, 0.1) is 6.33 Å². The summed E-state index contributed by atoms with van der Waals surface area (Å²) < 4.78 is 0. The summed E-state index contributed by atoms with van der Waals surface area (Å²) in [5.41, 5.74) is 2.27. The van der Waals surface area contributed by atoms with E-state index >= 15 is 0 Å². The second kappa shape index (κ2) is 5.63. The van der Waals surface area contributed by atoms with Crippen molar-refractivity contribution < 1.29 is 0 Å². The molecule has 0 bridgehead atoms. The molecule has 84 valence electrons. The molecule has 0 aliphatic rings. The Labute approximate surface area is 99.1 Å². The smallest absolute Gasteiger partial charge is 0.129 e. The number of H-pyrrole nitrogens is 1. The Morgan fingerprint density at radius 2 is 2.25 bits per heavy atom. The molecule has 0 aliphatic heterocycles. The third-order valence-corrected chi connectivity index (χ3v) is 2.47. The number of nitrogens with zero attached hydrogens (tertiary/aromatic N) is 2. The third kappa shape index (κ3) is 3.32. The Hall–Kier alpha value is -1.39. The van der Waals surface area contributed by atoms with Crippen LogP contribution in [0.5, 0.6) is 0 Å². The zero-order valence-electron chi connectivity index (χ0n) is 8.78. The first-order valence-electron chi connectivity index (χ1n) is 5.13. The van der Waals surface area contributed by atoms with Gasteiger partial charge in [0.2, 0.25) is 0 Å². The molecule has 4 nitrogen and oxygen atoms in total. The van der Waals surface area contributed by atoms with Crippen LogP contribution in [0.15, 0.2) is 30.9 Å². The highest BCUT2D eigenvalue weighted by Gasteiger charge is 1.95. The normalized spacial score (nSPS) is 10.6. The molecule has 0 amide bonds. The average Bonchev–Trinajstić information content (AvgIpc) is 2.80. The maximum atomic E-state index is 5.70. The van der Waals surface area contributed by atoms with Gasteiger partial charge in [0.15, 0.2) is 0 Å². The number of imidazole rings is 1. The first kappa shape index (κ1) is 11.1. The standard InChI is InChI=1S/C11H13ClN4/c12-11-2-1-9(5-15-11)3-4-13-6-10-7-14-8-16-10/h1-2,5,7-8,13H,3-4,6H2,(H,14,16). The van der Waals surface area contributed by atoms with Gasteiger partial charge in [-0.25, -0.2) is 9.97 Å². The molecular weight excluding hydrogens is 224 g/mol. The lowest BCUT2D eigenvalue weighted by atomic mass is 10.2. The topological polar surface area (TPSA) is 53.6 Å². The number of nitrogens with one attached hydrogen (secondary N) is 2. The van der Waals surface area contributed by atoms with Crippen LogP contribution < -0.4 is 5.32 Å². The summed E-state index contributed by atoms with van der Waals surface area (Å²) in [4.78, 5) is 11.0. The number of aromatic nitrogens is 3. The van der Waals surface area contributed by atoms with Gasteiger partial charge in [0.1, 0.15) is 5.15 Å². The average molecular weight is 237 g/mol. The quantitative estimate of drug-likeness (QED) is 0.615. The molecular formula is C11H13ClN4. The molecule has 0 spiro atoms. The van der Waals surface area contributed by atoms with Crippen LogP contribution in [0.3, 0.4) is 0 Å². The van der Waals surface area contributed by atoms with Crippen LogP contribution in [0.4, 0.5) is 0 Å². The number of rotatable bonds is 5. The molecule has 16 heavy (non-hydrogen) atoms. The molecule has 2 heterocycles. The lowest BCUT2D eigenvalue weighted by Gasteiger charge is -2.03. The second-order valence-electron chi connectivity index (χ2n) is 3.49. The fourth-order valence-electron chi connectivity index (χ4n) is 1.39. The van der Waals surface area contributed by atoms with Crippen LogP contribution in [0.1, 0.15) is 11.3 Å². The minimum Gasteiger partial charge on any atom is -0.347 e. The lowest BCUT2D eigenvalue weighted by molar-refractivity contribution is 0.676. The molecule has 0 saturated heterocycles. The summed E-state index contributed by atoms with van der Waals surface area (Å²) in [6, 6.07) is 3.80. The first-order chi connectivity index (χ1) is 7.84. The molecule has 0 fully saturated rings. The number of hydrogen-bond acceptors (Lipinski definition) is 3. The number of hydrogen-bond donors (Lipinski definition) is 2. The number of halogens is 1. The molecule has 2 aromatic rings. The summed E-state index contributed by atoms with van der Waals surface area (Å²) >= 11 is 5.70. The fourth-order valence-corrected chi connectivity index (χ4v) is 1.50. The number of pyridine rings is 1. The molecule has 0 aliphatic carbocycles. The van der Waals surface area contributed by atoms with Crippen molar-refractivity contribution in [1.29, 1.82) is 0 Å². The maximum absolute atomic E-state index is 5.70. The number of aromatic amines is 1. The van der Waals surface area contributed by atoms with Crippen LogP contribution in [0.25, 0.3) is 0 Å². The van der Waals surface area contributed by atoms with Gasteiger partial charge >= 0.3 is 0 Å². The van der Waals surface area contributed by atoms with E-state index in [1.54, 1.807) is 12.5 Å². The highest BCUT2D eigenvalue weighted by atomic mass is 35.5. The molecule has 0 unspecified atom stereocenters. The van der Waals surface area contributed by atoms with Gasteiger partial charge in [-0.15, -0.1) is 0 Å². The van der Waals surface area contributed by atoms with E-state index in [-0.39, 0.29) is 0 Å². The minimum atomic E-state index is 0.536. The summed E-state index contributed by atoms with van der Waals surface area (Å²) in [6.45, 7) is 1.71. The Kier molecular flexibility index (Phi) is 3.91. The van der Waals surface area contributed by atoms with Crippen molar-refractivity contribution in [2.24, 2.45) is 0 Å². The van der Waals surface area contributed by atoms with Crippen LogP contribution >= 0.6 is 11.6 Å². The van der Waals surface area contributed by atoms with Crippen LogP contribution in [0.2, 0.25) is 5.15 Å². The van der Waals surface area contributed by atoms with E-state index in [4.69, 9.17) is 11.6 Å². The summed E-state index contributed by atoms with van der Waals surface area (Å²) in [7, 11) is 0. The van der Waals surface area contributed by atoms with E-state index in [1.807, 2.05) is 18.3 Å². The largest absolute Gasteiger partial charge is 0.347 e. The molecule has 0 atom stereocenters. The van der Waals surface area contributed by atoms with Gasteiger partial charge in [-0.2, -0.15) is 0 Å². The SMILES string of the molecule is Clc1ccc(CCNCc2cnc[nH]2)cn1. The van der Waals surface area contributed by atoms with Crippen molar-refractivity contribution in [3.63, 3.8) is 0 Å². The third-order valence-electron chi connectivity index (χ3n) is 2.25. The van der Waals surface area contributed by atoms with E-state index in [1.165, 1.54) is 5.56 Å². The monoisotopic (exact) mass is 236 g/mol. The molecule has 2 aromatic heterocycles. The van der Waals surface area contributed by atoms with E-state index in [9.17, 15) is 0 Å². The molecule has 0 aromatic carbocycles. The van der Waals surface area contributed by atoms with Crippen LogP contribution in [-0.2, 0) is 13.0 Å². The van der Waals surface area contributed by atoms with Gasteiger partial charge in [0, 0.05) is 24.6 Å². The molecule has 2 rings (SSSR count). The summed E-state index contributed by atoms with van der Waals surface area (Å²) in [6.07, 6.45) is 6.25. The van der Waals surface area contributed by atoms with E-state index in [0.29, 0.717) is 5.15 Å². The molecule has 0 saturated carbocycles. The van der Waals surface area contributed by atoms with Crippen molar-refractivity contribution in [2.75, 3.05) is 6.54 Å². The Bertz CT molecular complexity index is 410. The van der Waals surface area contributed by atoms with Gasteiger partial charge in [-0.1, -0.05) is 17.7 Å². The van der Waals surface area contributed by atoms with Gasteiger partial charge in [-0.3, -0.25) is 0 Å². The van der Waals surface area contributed by atoms with E-state index in [2.05, 4.69) is 20.3 Å². The molecule has 5 heteroatoms. The van der Waals surface area contributed by atoms with Gasteiger partial charge < -0.3 is 10.3 Å². The molecule has 0 radical (unpaired) electrons. The first-order valence-corrected chi connectivity index (χ1v) is 5.51. The van der Waals surface area contributed by atoms with Gasteiger partial charge in [0.25, 0.3) is 0 Å². The second-order valence-corrected chi connectivity index (χ2v) is 3.88. The Morgan fingerprint density at radius 3 is 2.94 bits per heavy atom. The maximum Gasteiger partial charge on any atom is 0.129 e. The van der Waals surface area contributed by atoms with E-state index < -0.39 is 0 Å². The van der Waals surface area contributed by atoms with Crippen molar-refractivity contribution in [3.8, 4) is 0 Å². The zero-order chi connectivity index (χ0) is 11.2. The predicted octanol–water partition coefficient (Wildman–Crippen LogP) is 1.79. The van der Waals surface area contributed by atoms with Crippen molar-refractivity contribution in [2.45, 2.75) is 13.0 Å². The fraction of sp³-hybridized carbons (Fsp3) is 0.273. The highest BCUT2D eigenvalue weighted by molar-refractivity contribution is 6.29. The highest BCUT2D eigenvalue weighted by Crippen LogP contribution is 2.05. The lowest BCUT2D eigenvalue weighted by Crippen LogP contribution is -2.16. The predicted molar refractivity (Wildman–Crippen MR) is 63.2 cm³/mol. The van der Waals surface area contributed by atoms with Crippen LogP contribution in [-0.4, -0.2) is 21.5 Å². The summed E-state index contributed by atoms with van der Waals surface area (Å²) in [5.74, 6) is 0. The van der Waals surface area contributed by atoms with Crippen LogP contribution in [0, 0.1) is 0 Å². The molecule has 2 N–H and O–H groups in total. The van der Waals surface area contributed by atoms with E-state index in [0.717, 1.165) is 25.2 Å². The Balaban J connectivity index is 1.70. The zero-order valence-corrected chi connectivity index (χ0v) is 9.54.